The molecule has 5 heteroatoms. The number of likely N-dealkylation sites (tertiary alicyclic amines) is 1. The first-order chi connectivity index (χ1) is 10.0. The Bertz CT molecular complexity index is 378. The Balaban J connectivity index is 1.99. The maximum atomic E-state index is 12.5. The second-order valence-corrected chi connectivity index (χ2v) is 6.39. The number of nitrogens with zero attached hydrogens (tertiary/aromatic N) is 3. The summed E-state index contributed by atoms with van der Waals surface area (Å²) in [6, 6.07) is 0.512. The molecule has 2 rings (SSSR count). The van der Waals surface area contributed by atoms with Gasteiger partial charge < -0.3 is 9.80 Å². The maximum Gasteiger partial charge on any atom is 0.239 e. The van der Waals surface area contributed by atoms with E-state index in [-0.39, 0.29) is 17.9 Å². The molecule has 0 saturated carbocycles. The summed E-state index contributed by atoms with van der Waals surface area (Å²) in [7, 11) is 1.91. The molecule has 0 spiro atoms. The van der Waals surface area contributed by atoms with Gasteiger partial charge in [-0.2, -0.15) is 0 Å². The van der Waals surface area contributed by atoms with Crippen molar-refractivity contribution in [2.24, 2.45) is 0 Å². The number of hydrogen-bond donors (Lipinski definition) is 0. The molecule has 1 atom stereocenters. The summed E-state index contributed by atoms with van der Waals surface area (Å²) in [5.41, 5.74) is 0. The van der Waals surface area contributed by atoms with Gasteiger partial charge in [-0.15, -0.1) is 0 Å². The highest BCUT2D eigenvalue weighted by Gasteiger charge is 2.37. The molecule has 0 bridgehead atoms. The average molecular weight is 295 g/mol. The summed E-state index contributed by atoms with van der Waals surface area (Å²) in [6.07, 6.45) is 5.20. The number of amides is 2. The standard InChI is InChI=1S/C16H29N3O2/c1-4-5-6-15-16(21)17(3)11-12-19(15)14-7-9-18(10-8-14)13(2)20/h14-15H,4-12H2,1-3H3/t15-/m0/s1. The molecule has 2 saturated heterocycles. The molecule has 21 heavy (non-hydrogen) atoms. The molecule has 0 aliphatic carbocycles. The number of likely N-dealkylation sites (N-methyl/N-ethyl adjacent to an activating group) is 1. The molecule has 2 heterocycles. The van der Waals surface area contributed by atoms with Crippen LogP contribution in [-0.4, -0.2) is 71.8 Å². The van der Waals surface area contributed by atoms with Crippen molar-refractivity contribution in [3.05, 3.63) is 0 Å². The van der Waals surface area contributed by atoms with Crippen LogP contribution in [0.15, 0.2) is 0 Å². The van der Waals surface area contributed by atoms with Crippen LogP contribution in [0, 0.1) is 0 Å². The van der Waals surface area contributed by atoms with Crippen LogP contribution in [-0.2, 0) is 9.59 Å². The summed E-state index contributed by atoms with van der Waals surface area (Å²) >= 11 is 0. The zero-order valence-electron chi connectivity index (χ0n) is 13.7. The van der Waals surface area contributed by atoms with E-state index in [4.69, 9.17) is 0 Å². The lowest BCUT2D eigenvalue weighted by molar-refractivity contribution is -0.144. The van der Waals surface area contributed by atoms with Gasteiger partial charge >= 0.3 is 0 Å². The van der Waals surface area contributed by atoms with Crippen molar-refractivity contribution >= 4 is 11.8 Å². The Morgan fingerprint density at radius 2 is 1.86 bits per heavy atom. The van der Waals surface area contributed by atoms with Gasteiger partial charge in [-0.1, -0.05) is 19.8 Å². The zero-order chi connectivity index (χ0) is 15.4. The third-order valence-electron chi connectivity index (χ3n) is 4.97. The summed E-state index contributed by atoms with van der Waals surface area (Å²) in [6.45, 7) is 7.29. The van der Waals surface area contributed by atoms with E-state index >= 15 is 0 Å². The summed E-state index contributed by atoms with van der Waals surface area (Å²) < 4.78 is 0. The molecule has 0 aromatic rings. The van der Waals surface area contributed by atoms with Gasteiger partial charge in [0.2, 0.25) is 11.8 Å². The normalized spacial score (nSPS) is 25.5. The molecule has 0 aromatic carbocycles. The smallest absolute Gasteiger partial charge is 0.239 e. The Labute approximate surface area is 128 Å². The second kappa shape index (κ2) is 7.25. The van der Waals surface area contributed by atoms with E-state index in [0.717, 1.165) is 58.3 Å². The lowest BCUT2D eigenvalue weighted by Crippen LogP contribution is -2.60. The third-order valence-corrected chi connectivity index (χ3v) is 4.97. The highest BCUT2D eigenvalue weighted by Crippen LogP contribution is 2.24. The van der Waals surface area contributed by atoms with Gasteiger partial charge in [0.25, 0.3) is 0 Å². The minimum absolute atomic E-state index is 0.0533. The molecule has 120 valence electrons. The fraction of sp³-hybridized carbons (Fsp3) is 0.875. The molecule has 2 aliphatic heterocycles. The number of piperazine rings is 1. The molecule has 0 radical (unpaired) electrons. The van der Waals surface area contributed by atoms with Crippen LogP contribution in [0.1, 0.15) is 46.0 Å². The topological polar surface area (TPSA) is 43.9 Å². The van der Waals surface area contributed by atoms with E-state index in [2.05, 4.69) is 11.8 Å². The molecule has 2 aliphatic rings. The van der Waals surface area contributed by atoms with Crippen LogP contribution >= 0.6 is 0 Å². The Morgan fingerprint density at radius 3 is 2.43 bits per heavy atom. The van der Waals surface area contributed by atoms with E-state index in [1.807, 2.05) is 16.8 Å². The third kappa shape index (κ3) is 3.76. The van der Waals surface area contributed by atoms with Crippen molar-refractivity contribution in [1.29, 1.82) is 0 Å². The molecule has 0 aromatic heterocycles. The zero-order valence-corrected chi connectivity index (χ0v) is 13.7. The predicted octanol–water partition coefficient (Wildman–Crippen LogP) is 1.33. The van der Waals surface area contributed by atoms with E-state index < -0.39 is 0 Å². The number of unbranched alkanes of at least 4 members (excludes halogenated alkanes) is 1. The van der Waals surface area contributed by atoms with Crippen LogP contribution in [0.5, 0.6) is 0 Å². The quantitative estimate of drug-likeness (QED) is 0.786. The van der Waals surface area contributed by atoms with Crippen LogP contribution in [0.4, 0.5) is 0 Å². The first kappa shape index (κ1) is 16.3. The number of carbonyl (C=O) groups excluding carboxylic acids is 2. The Hall–Kier alpha value is -1.10. The largest absolute Gasteiger partial charge is 0.343 e. The highest BCUT2D eigenvalue weighted by molar-refractivity contribution is 5.82. The first-order valence-corrected chi connectivity index (χ1v) is 8.30. The number of hydrogen-bond acceptors (Lipinski definition) is 3. The molecule has 5 nitrogen and oxygen atoms in total. The fourth-order valence-electron chi connectivity index (χ4n) is 3.56. The van der Waals surface area contributed by atoms with Crippen LogP contribution < -0.4 is 0 Å². The molecule has 0 N–H and O–H groups in total. The van der Waals surface area contributed by atoms with Gasteiger partial charge in [-0.05, 0) is 19.3 Å². The first-order valence-electron chi connectivity index (χ1n) is 8.30. The highest BCUT2D eigenvalue weighted by atomic mass is 16.2. The van der Waals surface area contributed by atoms with Crippen LogP contribution in [0.3, 0.4) is 0 Å². The van der Waals surface area contributed by atoms with Crippen molar-refractivity contribution in [1.82, 2.24) is 14.7 Å². The van der Waals surface area contributed by atoms with Gasteiger partial charge in [-0.3, -0.25) is 14.5 Å². The summed E-state index contributed by atoms with van der Waals surface area (Å²) in [5.74, 6) is 0.453. The van der Waals surface area contributed by atoms with Gasteiger partial charge in [0.15, 0.2) is 0 Å². The van der Waals surface area contributed by atoms with Crippen molar-refractivity contribution in [2.75, 3.05) is 33.2 Å². The summed E-state index contributed by atoms with van der Waals surface area (Å²) in [5, 5.41) is 0. The Morgan fingerprint density at radius 1 is 1.19 bits per heavy atom. The van der Waals surface area contributed by atoms with Crippen molar-refractivity contribution < 1.29 is 9.59 Å². The van der Waals surface area contributed by atoms with E-state index in [1.54, 1.807) is 6.92 Å². The lowest BCUT2D eigenvalue weighted by atomic mass is 9.96. The average Bonchev–Trinajstić information content (AvgIpc) is 2.49. The van der Waals surface area contributed by atoms with Gasteiger partial charge in [0.05, 0.1) is 6.04 Å². The van der Waals surface area contributed by atoms with Gasteiger partial charge in [0, 0.05) is 46.2 Å². The van der Waals surface area contributed by atoms with Gasteiger partial charge in [0.1, 0.15) is 0 Å². The molecule has 0 unspecified atom stereocenters. The number of carbonyl (C=O) groups is 2. The fourth-order valence-corrected chi connectivity index (χ4v) is 3.56. The minimum atomic E-state index is 0.0533. The molecule has 2 amide bonds. The Kier molecular flexibility index (Phi) is 5.62. The molecular formula is C16H29N3O2. The number of piperidine rings is 1. The van der Waals surface area contributed by atoms with Crippen molar-refractivity contribution in [3.63, 3.8) is 0 Å². The SMILES string of the molecule is CCCC[C@H]1C(=O)N(C)CCN1C1CCN(C(C)=O)CC1. The minimum Gasteiger partial charge on any atom is -0.343 e. The van der Waals surface area contributed by atoms with Crippen molar-refractivity contribution in [3.8, 4) is 0 Å². The van der Waals surface area contributed by atoms with Crippen LogP contribution in [0.25, 0.3) is 0 Å². The summed E-state index contributed by atoms with van der Waals surface area (Å²) in [4.78, 5) is 30.1. The van der Waals surface area contributed by atoms with Crippen molar-refractivity contribution in [2.45, 2.75) is 58.0 Å². The van der Waals surface area contributed by atoms with Gasteiger partial charge in [-0.25, -0.2) is 0 Å². The second-order valence-electron chi connectivity index (χ2n) is 6.39. The number of rotatable bonds is 4. The molecule has 2 fully saturated rings. The monoisotopic (exact) mass is 295 g/mol. The maximum absolute atomic E-state index is 12.5. The predicted molar refractivity (Wildman–Crippen MR) is 82.9 cm³/mol. The van der Waals surface area contributed by atoms with E-state index in [0.29, 0.717) is 6.04 Å². The lowest BCUT2D eigenvalue weighted by Gasteiger charge is -2.46. The van der Waals surface area contributed by atoms with Crippen LogP contribution in [0.2, 0.25) is 0 Å². The van der Waals surface area contributed by atoms with E-state index in [9.17, 15) is 9.59 Å². The molecular weight excluding hydrogens is 266 g/mol. The van der Waals surface area contributed by atoms with E-state index in [1.165, 1.54) is 0 Å².